The molecule has 0 atom stereocenters. The molecule has 124 valence electrons. The van der Waals surface area contributed by atoms with E-state index in [0.717, 1.165) is 23.6 Å². The van der Waals surface area contributed by atoms with E-state index in [9.17, 15) is 9.59 Å². The number of carbonyl (C=O) groups is 2. The van der Waals surface area contributed by atoms with E-state index in [-0.39, 0.29) is 23.5 Å². The van der Waals surface area contributed by atoms with E-state index in [2.05, 4.69) is 16.2 Å². The number of hydrogen-bond donors (Lipinski definition) is 3. The van der Waals surface area contributed by atoms with E-state index in [1.807, 2.05) is 42.5 Å². The number of hydrogen-bond acceptors (Lipinski definition) is 4. The summed E-state index contributed by atoms with van der Waals surface area (Å²) < 4.78 is 5.45. The molecule has 3 rings (SSSR count). The number of ether oxygens (including phenoxy) is 1. The predicted molar refractivity (Wildman–Crippen MR) is 94.2 cm³/mol. The van der Waals surface area contributed by atoms with Crippen molar-refractivity contribution in [2.75, 3.05) is 6.61 Å². The Hall–Kier alpha value is -2.67. The van der Waals surface area contributed by atoms with Crippen molar-refractivity contribution in [2.24, 2.45) is 5.92 Å². The fourth-order valence-corrected chi connectivity index (χ4v) is 2.31. The molecule has 2 aromatic carbocycles. The van der Waals surface area contributed by atoms with Gasteiger partial charge in [-0.15, -0.1) is 0 Å². The standard InChI is InChI=1S/C17H17N3O3S/c21-15(19-20-17(24)18-16(22)12-5-6-12)10-23-14-8-7-11-3-1-2-4-13(11)9-14/h1-4,7-9,12H,5-6,10H2,(H,19,21)(H2,18,20,22,24). The van der Waals surface area contributed by atoms with Crippen LogP contribution in [0.5, 0.6) is 5.75 Å². The van der Waals surface area contributed by atoms with E-state index in [1.165, 1.54) is 0 Å². The zero-order chi connectivity index (χ0) is 16.9. The van der Waals surface area contributed by atoms with Crippen LogP contribution in [0.25, 0.3) is 10.8 Å². The smallest absolute Gasteiger partial charge is 0.276 e. The van der Waals surface area contributed by atoms with Gasteiger partial charge in [-0.2, -0.15) is 0 Å². The van der Waals surface area contributed by atoms with Crippen LogP contribution in [-0.4, -0.2) is 23.5 Å². The highest BCUT2D eigenvalue weighted by atomic mass is 32.1. The summed E-state index contributed by atoms with van der Waals surface area (Å²) in [5.41, 5.74) is 4.87. The molecule has 1 fully saturated rings. The van der Waals surface area contributed by atoms with Crippen LogP contribution in [0.15, 0.2) is 42.5 Å². The summed E-state index contributed by atoms with van der Waals surface area (Å²) in [7, 11) is 0. The maximum atomic E-state index is 11.7. The minimum atomic E-state index is -0.397. The quantitative estimate of drug-likeness (QED) is 0.581. The average Bonchev–Trinajstić information content (AvgIpc) is 3.43. The van der Waals surface area contributed by atoms with Gasteiger partial charge in [-0.3, -0.25) is 20.4 Å². The van der Waals surface area contributed by atoms with E-state index in [4.69, 9.17) is 17.0 Å². The van der Waals surface area contributed by atoms with Gasteiger partial charge in [0.2, 0.25) is 5.91 Å². The van der Waals surface area contributed by atoms with Crippen molar-refractivity contribution in [3.05, 3.63) is 42.5 Å². The number of benzene rings is 2. The number of fused-ring (bicyclic) bond motifs is 1. The second-order valence-corrected chi connectivity index (χ2v) is 5.97. The summed E-state index contributed by atoms with van der Waals surface area (Å²) in [6.07, 6.45) is 1.78. The molecule has 0 heterocycles. The van der Waals surface area contributed by atoms with Crippen molar-refractivity contribution in [1.82, 2.24) is 16.2 Å². The van der Waals surface area contributed by atoms with Crippen molar-refractivity contribution < 1.29 is 14.3 Å². The third-order valence-electron chi connectivity index (χ3n) is 3.59. The Labute approximate surface area is 144 Å². The second-order valence-electron chi connectivity index (χ2n) is 5.56. The number of carbonyl (C=O) groups excluding carboxylic acids is 2. The van der Waals surface area contributed by atoms with Gasteiger partial charge in [-0.1, -0.05) is 30.3 Å². The Morgan fingerprint density at radius 1 is 1.08 bits per heavy atom. The monoisotopic (exact) mass is 343 g/mol. The molecular formula is C17H17N3O3S. The van der Waals surface area contributed by atoms with Gasteiger partial charge in [0.1, 0.15) is 5.75 Å². The third-order valence-corrected chi connectivity index (χ3v) is 3.80. The Morgan fingerprint density at radius 3 is 2.58 bits per heavy atom. The van der Waals surface area contributed by atoms with Gasteiger partial charge in [0.25, 0.3) is 5.91 Å². The fourth-order valence-electron chi connectivity index (χ4n) is 2.16. The topological polar surface area (TPSA) is 79.5 Å². The van der Waals surface area contributed by atoms with E-state index in [1.54, 1.807) is 0 Å². The molecule has 2 aromatic rings. The predicted octanol–water partition coefficient (Wildman–Crippen LogP) is 1.65. The van der Waals surface area contributed by atoms with Gasteiger partial charge in [0.05, 0.1) is 0 Å². The molecule has 24 heavy (non-hydrogen) atoms. The molecule has 0 unspecified atom stereocenters. The normalized spacial score (nSPS) is 13.2. The zero-order valence-corrected chi connectivity index (χ0v) is 13.7. The zero-order valence-electron chi connectivity index (χ0n) is 12.9. The average molecular weight is 343 g/mol. The summed E-state index contributed by atoms with van der Waals surface area (Å²) in [5.74, 6) is 0.144. The molecule has 0 radical (unpaired) electrons. The molecule has 0 aromatic heterocycles. The second kappa shape index (κ2) is 7.27. The lowest BCUT2D eigenvalue weighted by molar-refractivity contribution is -0.124. The molecule has 0 bridgehead atoms. The highest BCUT2D eigenvalue weighted by Crippen LogP contribution is 2.28. The van der Waals surface area contributed by atoms with Crippen molar-refractivity contribution >= 4 is 39.9 Å². The van der Waals surface area contributed by atoms with Crippen LogP contribution in [0.4, 0.5) is 0 Å². The van der Waals surface area contributed by atoms with Crippen molar-refractivity contribution in [2.45, 2.75) is 12.8 Å². The first kappa shape index (κ1) is 16.2. The molecule has 1 aliphatic rings. The summed E-state index contributed by atoms with van der Waals surface area (Å²) in [4.78, 5) is 23.2. The minimum absolute atomic E-state index is 0.0525. The van der Waals surface area contributed by atoms with Crippen LogP contribution in [-0.2, 0) is 9.59 Å². The van der Waals surface area contributed by atoms with Gasteiger partial charge in [-0.05, 0) is 48.0 Å². The molecular weight excluding hydrogens is 326 g/mol. The van der Waals surface area contributed by atoms with Crippen LogP contribution >= 0.6 is 12.2 Å². The van der Waals surface area contributed by atoms with Gasteiger partial charge in [0.15, 0.2) is 11.7 Å². The summed E-state index contributed by atoms with van der Waals surface area (Å²) in [6, 6.07) is 13.5. The van der Waals surface area contributed by atoms with E-state index in [0.29, 0.717) is 5.75 Å². The lowest BCUT2D eigenvalue weighted by atomic mass is 10.1. The Bertz CT molecular complexity index is 789. The molecule has 0 saturated heterocycles. The van der Waals surface area contributed by atoms with Crippen molar-refractivity contribution in [1.29, 1.82) is 0 Å². The van der Waals surface area contributed by atoms with Crippen molar-refractivity contribution in [3.63, 3.8) is 0 Å². The van der Waals surface area contributed by atoms with Gasteiger partial charge in [-0.25, -0.2) is 0 Å². The Kier molecular flexibility index (Phi) is 4.90. The minimum Gasteiger partial charge on any atom is -0.484 e. The van der Waals surface area contributed by atoms with Gasteiger partial charge in [0, 0.05) is 5.92 Å². The first-order chi connectivity index (χ1) is 11.6. The van der Waals surface area contributed by atoms with Crippen LogP contribution < -0.4 is 20.9 Å². The van der Waals surface area contributed by atoms with Gasteiger partial charge >= 0.3 is 0 Å². The first-order valence-electron chi connectivity index (χ1n) is 7.63. The van der Waals surface area contributed by atoms with Crippen LogP contribution in [0, 0.1) is 5.92 Å². The largest absolute Gasteiger partial charge is 0.484 e. The van der Waals surface area contributed by atoms with Crippen LogP contribution in [0.1, 0.15) is 12.8 Å². The van der Waals surface area contributed by atoms with E-state index >= 15 is 0 Å². The summed E-state index contributed by atoms with van der Waals surface area (Å²) in [5, 5.41) is 4.74. The van der Waals surface area contributed by atoms with Crippen LogP contribution in [0.3, 0.4) is 0 Å². The Balaban J connectivity index is 1.42. The summed E-state index contributed by atoms with van der Waals surface area (Å²) >= 11 is 4.93. The molecule has 0 spiro atoms. The van der Waals surface area contributed by atoms with Crippen LogP contribution in [0.2, 0.25) is 0 Å². The molecule has 0 aliphatic heterocycles. The Morgan fingerprint density at radius 2 is 1.83 bits per heavy atom. The number of rotatable bonds is 4. The molecule has 1 aliphatic carbocycles. The lowest BCUT2D eigenvalue weighted by Gasteiger charge is -2.11. The highest BCUT2D eigenvalue weighted by Gasteiger charge is 2.30. The number of nitrogens with one attached hydrogen (secondary N) is 3. The first-order valence-corrected chi connectivity index (χ1v) is 8.04. The molecule has 1 saturated carbocycles. The summed E-state index contributed by atoms with van der Waals surface area (Å²) in [6.45, 7) is -0.162. The van der Waals surface area contributed by atoms with E-state index < -0.39 is 5.91 Å². The van der Waals surface area contributed by atoms with Gasteiger partial charge < -0.3 is 10.1 Å². The number of amides is 2. The molecule has 3 N–H and O–H groups in total. The fraction of sp³-hybridized carbons (Fsp3) is 0.235. The van der Waals surface area contributed by atoms with Crippen molar-refractivity contribution in [3.8, 4) is 5.75 Å². The number of thiocarbonyl (C=S) groups is 1. The third kappa shape index (κ3) is 4.42. The maximum absolute atomic E-state index is 11.7. The molecule has 7 heteroatoms. The number of hydrazine groups is 1. The molecule has 2 amide bonds. The lowest BCUT2D eigenvalue weighted by Crippen LogP contribution is -2.50. The highest BCUT2D eigenvalue weighted by molar-refractivity contribution is 7.80. The maximum Gasteiger partial charge on any atom is 0.276 e. The molecule has 6 nitrogen and oxygen atoms in total. The SMILES string of the molecule is O=C(COc1ccc2ccccc2c1)NNC(=S)NC(=O)C1CC1.